The molecule has 0 unspecified atom stereocenters. The van der Waals surface area contributed by atoms with Gasteiger partial charge in [0.25, 0.3) is 0 Å². The Morgan fingerprint density at radius 1 is 1.47 bits per heavy atom. The Bertz CT molecular complexity index is 366. The lowest BCUT2D eigenvalue weighted by Crippen LogP contribution is -2.39. The molecule has 0 radical (unpaired) electrons. The number of rotatable bonds is 2. The zero-order valence-corrected chi connectivity index (χ0v) is 9.28. The zero-order valence-electron chi connectivity index (χ0n) is 9.28. The van der Waals surface area contributed by atoms with Gasteiger partial charge in [0, 0.05) is 12.0 Å². The molecule has 1 N–H and O–H groups in total. The molecule has 1 aromatic carbocycles. The van der Waals surface area contributed by atoms with Crippen LogP contribution in [0.2, 0.25) is 0 Å². The Morgan fingerprint density at radius 3 is 2.80 bits per heavy atom. The van der Waals surface area contributed by atoms with Gasteiger partial charge in [0.15, 0.2) is 0 Å². The molecule has 0 saturated carbocycles. The minimum absolute atomic E-state index is 0.167. The summed E-state index contributed by atoms with van der Waals surface area (Å²) in [7, 11) is 1.64. The molecule has 1 aliphatic rings. The molecule has 1 atom stereocenters. The van der Waals surface area contributed by atoms with E-state index in [1.807, 2.05) is 18.2 Å². The van der Waals surface area contributed by atoms with E-state index in [0.717, 1.165) is 23.5 Å². The largest absolute Gasteiger partial charge is 0.497 e. The fourth-order valence-electron chi connectivity index (χ4n) is 1.75. The molecule has 1 aliphatic heterocycles. The molecule has 0 aliphatic carbocycles. The molecule has 1 aromatic rings. The molecule has 15 heavy (non-hydrogen) atoms. The fourth-order valence-corrected chi connectivity index (χ4v) is 1.75. The summed E-state index contributed by atoms with van der Waals surface area (Å²) in [5.74, 6) is 1.68. The van der Waals surface area contributed by atoms with Crippen molar-refractivity contribution in [2.45, 2.75) is 32.0 Å². The van der Waals surface area contributed by atoms with Crippen LogP contribution in [0.1, 0.15) is 19.4 Å². The van der Waals surface area contributed by atoms with Crippen LogP contribution < -0.4 is 9.47 Å². The topological polar surface area (TPSA) is 38.7 Å². The van der Waals surface area contributed by atoms with Crippen molar-refractivity contribution in [2.75, 3.05) is 7.11 Å². The van der Waals surface area contributed by atoms with Gasteiger partial charge < -0.3 is 14.6 Å². The summed E-state index contributed by atoms with van der Waals surface area (Å²) in [6, 6.07) is 5.71. The van der Waals surface area contributed by atoms with Crippen molar-refractivity contribution in [1.29, 1.82) is 0 Å². The fraction of sp³-hybridized carbons (Fsp3) is 0.500. The Morgan fingerprint density at radius 2 is 2.20 bits per heavy atom. The van der Waals surface area contributed by atoms with Crippen LogP contribution in [-0.2, 0) is 6.42 Å². The third kappa shape index (κ3) is 1.92. The van der Waals surface area contributed by atoms with Crippen LogP contribution in [0.5, 0.6) is 11.5 Å². The van der Waals surface area contributed by atoms with Crippen LogP contribution >= 0.6 is 0 Å². The Kier molecular flexibility index (Phi) is 2.35. The highest BCUT2D eigenvalue weighted by molar-refractivity contribution is 5.43. The van der Waals surface area contributed by atoms with E-state index >= 15 is 0 Å². The van der Waals surface area contributed by atoms with Gasteiger partial charge in [-0.15, -0.1) is 0 Å². The van der Waals surface area contributed by atoms with Crippen LogP contribution in [0.4, 0.5) is 0 Å². The van der Waals surface area contributed by atoms with Crippen molar-refractivity contribution in [3.63, 3.8) is 0 Å². The van der Waals surface area contributed by atoms with Crippen molar-refractivity contribution < 1.29 is 14.6 Å². The van der Waals surface area contributed by atoms with Crippen LogP contribution in [0.25, 0.3) is 0 Å². The second kappa shape index (κ2) is 3.42. The normalized spacial score (nSPS) is 19.6. The van der Waals surface area contributed by atoms with E-state index in [2.05, 4.69) is 0 Å². The van der Waals surface area contributed by atoms with E-state index in [-0.39, 0.29) is 6.10 Å². The van der Waals surface area contributed by atoms with Crippen molar-refractivity contribution in [3.8, 4) is 11.5 Å². The quantitative estimate of drug-likeness (QED) is 0.805. The van der Waals surface area contributed by atoms with Crippen LogP contribution in [0.15, 0.2) is 18.2 Å². The summed E-state index contributed by atoms with van der Waals surface area (Å²) in [5.41, 5.74) is 0.285. The van der Waals surface area contributed by atoms with E-state index in [1.54, 1.807) is 21.0 Å². The summed E-state index contributed by atoms with van der Waals surface area (Å²) in [5, 5.41) is 9.86. The Hall–Kier alpha value is -1.22. The van der Waals surface area contributed by atoms with Crippen molar-refractivity contribution in [2.24, 2.45) is 0 Å². The molecule has 2 rings (SSSR count). The summed E-state index contributed by atoms with van der Waals surface area (Å²) in [6.45, 7) is 3.53. The van der Waals surface area contributed by atoms with Crippen molar-refractivity contribution in [3.05, 3.63) is 23.8 Å². The second-order valence-electron chi connectivity index (χ2n) is 4.44. The van der Waals surface area contributed by atoms with Crippen LogP contribution in [0, 0.1) is 0 Å². The van der Waals surface area contributed by atoms with Gasteiger partial charge in [-0.05, 0) is 32.0 Å². The number of hydrogen-bond acceptors (Lipinski definition) is 3. The molecular weight excluding hydrogens is 192 g/mol. The predicted molar refractivity (Wildman–Crippen MR) is 57.4 cm³/mol. The first-order valence-corrected chi connectivity index (χ1v) is 5.06. The molecule has 82 valence electrons. The minimum Gasteiger partial charge on any atom is -0.497 e. The van der Waals surface area contributed by atoms with Gasteiger partial charge in [-0.2, -0.15) is 0 Å². The molecule has 0 spiro atoms. The van der Waals surface area contributed by atoms with Gasteiger partial charge in [0.05, 0.1) is 12.7 Å². The summed E-state index contributed by atoms with van der Waals surface area (Å²) in [4.78, 5) is 0. The molecule has 0 fully saturated rings. The van der Waals surface area contributed by atoms with Gasteiger partial charge in [-0.1, -0.05) is 0 Å². The number of ether oxygens (including phenoxy) is 2. The molecule has 0 saturated heterocycles. The first kappa shape index (κ1) is 10.3. The van der Waals surface area contributed by atoms with E-state index in [9.17, 15) is 5.11 Å². The third-order valence-electron chi connectivity index (χ3n) is 2.73. The lowest BCUT2D eigenvalue weighted by atomic mass is 9.97. The number of aliphatic hydroxyl groups is 1. The summed E-state index contributed by atoms with van der Waals surface area (Å²) >= 11 is 0. The van der Waals surface area contributed by atoms with E-state index in [1.165, 1.54) is 0 Å². The summed E-state index contributed by atoms with van der Waals surface area (Å²) < 4.78 is 10.8. The highest BCUT2D eigenvalue weighted by Gasteiger charge is 2.34. The lowest BCUT2D eigenvalue weighted by molar-refractivity contribution is -0.0229. The third-order valence-corrected chi connectivity index (χ3v) is 2.73. The van der Waals surface area contributed by atoms with Crippen molar-refractivity contribution in [1.82, 2.24) is 0 Å². The number of benzene rings is 1. The molecule has 0 amide bonds. The van der Waals surface area contributed by atoms with E-state index in [0.29, 0.717) is 0 Å². The molecule has 3 nitrogen and oxygen atoms in total. The van der Waals surface area contributed by atoms with E-state index < -0.39 is 5.60 Å². The highest BCUT2D eigenvalue weighted by Crippen LogP contribution is 2.35. The first-order chi connectivity index (χ1) is 7.00. The van der Waals surface area contributed by atoms with Crippen molar-refractivity contribution >= 4 is 0 Å². The molecule has 0 bridgehead atoms. The van der Waals surface area contributed by atoms with Gasteiger partial charge >= 0.3 is 0 Å². The maximum Gasteiger partial charge on any atom is 0.131 e. The average Bonchev–Trinajstić information content (AvgIpc) is 2.59. The van der Waals surface area contributed by atoms with Gasteiger partial charge in [0.1, 0.15) is 17.6 Å². The maximum atomic E-state index is 9.86. The minimum atomic E-state index is -0.813. The molecule has 1 heterocycles. The zero-order chi connectivity index (χ0) is 11.1. The average molecular weight is 208 g/mol. The predicted octanol–water partition coefficient (Wildman–Crippen LogP) is 1.77. The number of fused-ring (bicyclic) bond motifs is 1. The van der Waals surface area contributed by atoms with Gasteiger partial charge in [-0.3, -0.25) is 0 Å². The summed E-state index contributed by atoms with van der Waals surface area (Å²) in [6.07, 6.45) is 0.565. The van der Waals surface area contributed by atoms with Gasteiger partial charge in [-0.25, -0.2) is 0 Å². The highest BCUT2D eigenvalue weighted by atomic mass is 16.5. The lowest BCUT2D eigenvalue weighted by Gasteiger charge is -2.24. The Balaban J connectivity index is 2.24. The van der Waals surface area contributed by atoms with Crippen LogP contribution in [-0.4, -0.2) is 23.9 Å². The smallest absolute Gasteiger partial charge is 0.131 e. The number of hydrogen-bond donors (Lipinski definition) is 1. The van der Waals surface area contributed by atoms with Crippen LogP contribution in [0.3, 0.4) is 0 Å². The second-order valence-corrected chi connectivity index (χ2v) is 4.44. The Labute approximate surface area is 89.6 Å². The molecule has 3 heteroatoms. The SMILES string of the molecule is COc1ccc2c(c1)C[C@H](C(C)(C)O)O2. The molecular formula is C12H16O3. The maximum absolute atomic E-state index is 9.86. The van der Waals surface area contributed by atoms with Gasteiger partial charge in [0.2, 0.25) is 0 Å². The van der Waals surface area contributed by atoms with E-state index in [4.69, 9.17) is 9.47 Å². The number of methoxy groups -OCH3 is 1. The standard InChI is InChI=1S/C12H16O3/c1-12(2,13)11-7-8-6-9(14-3)4-5-10(8)15-11/h4-6,11,13H,7H2,1-3H3/t11-/m1/s1. The monoisotopic (exact) mass is 208 g/mol. The first-order valence-electron chi connectivity index (χ1n) is 5.06. The molecule has 0 aromatic heterocycles.